The van der Waals surface area contributed by atoms with Gasteiger partial charge in [-0.15, -0.1) is 0 Å². The maximum Gasteiger partial charge on any atom is 0.397 e. The van der Waals surface area contributed by atoms with Crippen LogP contribution in [0.4, 0.5) is 13.2 Å². The van der Waals surface area contributed by atoms with Crippen molar-refractivity contribution in [1.29, 1.82) is 0 Å². The Hall–Kier alpha value is -1.87. The van der Waals surface area contributed by atoms with Gasteiger partial charge in [-0.05, 0) is 51.9 Å². The van der Waals surface area contributed by atoms with Crippen LogP contribution in [0.1, 0.15) is 81.3 Å². The number of ether oxygens (including phenoxy) is 2. The van der Waals surface area contributed by atoms with Gasteiger partial charge in [-0.3, -0.25) is 4.68 Å². The molecule has 0 bridgehead atoms. The second-order valence-corrected chi connectivity index (χ2v) is 8.86. The third-order valence-electron chi connectivity index (χ3n) is 6.68. The van der Waals surface area contributed by atoms with Crippen LogP contribution < -0.4 is 0 Å². The molecule has 0 unspecified atom stereocenters. The first-order valence-electron chi connectivity index (χ1n) is 10.4. The Balaban J connectivity index is 1.59. The molecule has 2 aromatic rings. The van der Waals surface area contributed by atoms with Crippen LogP contribution in [0.25, 0.3) is 11.3 Å². The molecule has 9 heteroatoms. The van der Waals surface area contributed by atoms with Crippen molar-refractivity contribution in [2.24, 2.45) is 0 Å². The monoisotopic (exact) mass is 427 g/mol. The van der Waals surface area contributed by atoms with Crippen molar-refractivity contribution >= 4 is 0 Å². The molecule has 30 heavy (non-hydrogen) atoms. The summed E-state index contributed by atoms with van der Waals surface area (Å²) in [5, 5.41) is 8.43. The molecule has 2 atom stereocenters. The Morgan fingerprint density at radius 1 is 1.33 bits per heavy atom. The van der Waals surface area contributed by atoms with Crippen molar-refractivity contribution in [2.45, 2.75) is 82.5 Å². The minimum Gasteiger partial charge on any atom is -0.359 e. The summed E-state index contributed by atoms with van der Waals surface area (Å²) in [5.74, 6) is -1.34. The SMILES string of the molecule is COCOC1(C)CCC(n2ncc3c2C[C@@H](C)c2c([C@H](C)C(F)(F)F)noc2-3)CC1. The van der Waals surface area contributed by atoms with Crippen molar-refractivity contribution in [3.05, 3.63) is 23.1 Å². The minimum absolute atomic E-state index is 0.00729. The van der Waals surface area contributed by atoms with Crippen molar-refractivity contribution in [3.8, 4) is 11.3 Å². The minimum atomic E-state index is -4.35. The average Bonchev–Trinajstić information content (AvgIpc) is 3.30. The molecule has 2 aliphatic carbocycles. The molecule has 0 aromatic carbocycles. The average molecular weight is 427 g/mol. The molecular weight excluding hydrogens is 399 g/mol. The van der Waals surface area contributed by atoms with Gasteiger partial charge in [-0.2, -0.15) is 18.3 Å². The maximum absolute atomic E-state index is 13.3. The standard InChI is InChI=1S/C21H28F3N3O3/c1-12-9-16-15(19-17(12)18(26-30-19)13(2)21(22,23)24)10-25-27(16)14-5-7-20(3,8-6-14)29-11-28-4/h10,12-14H,5-9,11H2,1-4H3/t12-,13+,14?,20?/m1/s1. The van der Waals surface area contributed by atoms with Gasteiger partial charge in [0.05, 0.1) is 40.7 Å². The van der Waals surface area contributed by atoms with Crippen molar-refractivity contribution < 1.29 is 27.2 Å². The first-order valence-corrected chi connectivity index (χ1v) is 10.4. The van der Waals surface area contributed by atoms with Crippen LogP contribution in [0.3, 0.4) is 0 Å². The number of hydrogen-bond donors (Lipinski definition) is 0. The molecule has 1 saturated carbocycles. The molecule has 0 N–H and O–H groups in total. The first-order chi connectivity index (χ1) is 14.1. The second kappa shape index (κ2) is 7.67. The van der Waals surface area contributed by atoms with E-state index in [0.29, 0.717) is 17.7 Å². The second-order valence-electron chi connectivity index (χ2n) is 8.86. The van der Waals surface area contributed by atoms with Gasteiger partial charge in [0.15, 0.2) is 5.76 Å². The van der Waals surface area contributed by atoms with E-state index in [1.54, 1.807) is 13.3 Å². The zero-order valence-electron chi connectivity index (χ0n) is 17.8. The van der Waals surface area contributed by atoms with Crippen molar-refractivity contribution in [1.82, 2.24) is 14.9 Å². The van der Waals surface area contributed by atoms with E-state index in [0.717, 1.165) is 43.9 Å². The highest BCUT2D eigenvalue weighted by Crippen LogP contribution is 2.47. The molecule has 2 aromatic heterocycles. The topological polar surface area (TPSA) is 62.3 Å². The third-order valence-corrected chi connectivity index (χ3v) is 6.68. The lowest BCUT2D eigenvalue weighted by Crippen LogP contribution is -2.36. The highest BCUT2D eigenvalue weighted by molar-refractivity contribution is 5.68. The Labute approximate surface area is 173 Å². The number of aromatic nitrogens is 3. The molecule has 0 amide bonds. The van der Waals surface area contributed by atoms with Gasteiger partial charge in [-0.1, -0.05) is 12.1 Å². The summed E-state index contributed by atoms with van der Waals surface area (Å²) in [6.07, 6.45) is 1.61. The van der Waals surface area contributed by atoms with Crippen LogP contribution in [0.15, 0.2) is 10.7 Å². The van der Waals surface area contributed by atoms with E-state index in [4.69, 9.17) is 14.0 Å². The summed E-state index contributed by atoms with van der Waals surface area (Å²) in [5.41, 5.74) is 2.14. The number of rotatable bonds is 5. The normalized spacial score (nSPS) is 27.6. The molecule has 6 nitrogen and oxygen atoms in total. The Morgan fingerprint density at radius 3 is 2.67 bits per heavy atom. The first kappa shape index (κ1) is 21.4. The number of alkyl halides is 3. The number of nitrogens with zero attached hydrogens (tertiary/aromatic N) is 3. The number of hydrogen-bond acceptors (Lipinski definition) is 5. The lowest BCUT2D eigenvalue weighted by molar-refractivity contribution is -0.147. The van der Waals surface area contributed by atoms with Gasteiger partial charge in [0, 0.05) is 12.7 Å². The van der Waals surface area contributed by atoms with E-state index in [9.17, 15) is 13.2 Å². The fraction of sp³-hybridized carbons (Fsp3) is 0.714. The number of fused-ring (bicyclic) bond motifs is 3. The van der Waals surface area contributed by atoms with Crippen LogP contribution in [-0.4, -0.2) is 40.6 Å². The molecule has 0 spiro atoms. The van der Waals surface area contributed by atoms with Gasteiger partial charge in [0.1, 0.15) is 6.79 Å². The van der Waals surface area contributed by atoms with Crippen LogP contribution in [0.5, 0.6) is 0 Å². The van der Waals surface area contributed by atoms with E-state index < -0.39 is 12.1 Å². The van der Waals surface area contributed by atoms with Crippen molar-refractivity contribution in [2.75, 3.05) is 13.9 Å². The summed E-state index contributed by atoms with van der Waals surface area (Å²) in [4.78, 5) is 0. The van der Waals surface area contributed by atoms with Gasteiger partial charge >= 0.3 is 6.18 Å². The molecule has 2 aliphatic rings. The van der Waals surface area contributed by atoms with E-state index in [-0.39, 0.29) is 30.0 Å². The molecular formula is C21H28F3N3O3. The predicted molar refractivity (Wildman–Crippen MR) is 103 cm³/mol. The summed E-state index contributed by atoms with van der Waals surface area (Å²) in [7, 11) is 1.62. The number of methoxy groups -OCH3 is 1. The molecule has 166 valence electrons. The fourth-order valence-electron chi connectivity index (χ4n) is 4.74. The summed E-state index contributed by atoms with van der Waals surface area (Å²) in [6, 6.07) is 0.234. The highest BCUT2D eigenvalue weighted by Gasteiger charge is 2.44. The van der Waals surface area contributed by atoms with E-state index in [1.807, 2.05) is 11.6 Å². The quantitative estimate of drug-likeness (QED) is 0.602. The third kappa shape index (κ3) is 3.66. The van der Waals surface area contributed by atoms with E-state index in [1.165, 1.54) is 0 Å². The largest absolute Gasteiger partial charge is 0.397 e. The molecule has 2 heterocycles. The molecule has 0 aliphatic heterocycles. The van der Waals surface area contributed by atoms with Gasteiger partial charge < -0.3 is 14.0 Å². The lowest BCUT2D eigenvalue weighted by Gasteiger charge is -2.37. The van der Waals surface area contributed by atoms with Gasteiger partial charge in [0.2, 0.25) is 0 Å². The van der Waals surface area contributed by atoms with Crippen LogP contribution in [-0.2, 0) is 15.9 Å². The van der Waals surface area contributed by atoms with Crippen LogP contribution >= 0.6 is 0 Å². The Morgan fingerprint density at radius 2 is 2.03 bits per heavy atom. The van der Waals surface area contributed by atoms with E-state index >= 15 is 0 Å². The summed E-state index contributed by atoms with van der Waals surface area (Å²) in [6.45, 7) is 5.45. The van der Waals surface area contributed by atoms with E-state index in [2.05, 4.69) is 17.2 Å². The summed E-state index contributed by atoms with van der Waals surface area (Å²) < 4.78 is 58.2. The van der Waals surface area contributed by atoms with Gasteiger partial charge in [0.25, 0.3) is 0 Å². The molecule has 0 saturated heterocycles. The zero-order chi connectivity index (χ0) is 21.7. The maximum atomic E-state index is 13.3. The number of halogens is 3. The molecule has 0 radical (unpaired) electrons. The smallest absolute Gasteiger partial charge is 0.359 e. The molecule has 4 rings (SSSR count). The predicted octanol–water partition coefficient (Wildman–Crippen LogP) is 5.36. The zero-order valence-corrected chi connectivity index (χ0v) is 17.8. The van der Waals surface area contributed by atoms with Crippen molar-refractivity contribution in [3.63, 3.8) is 0 Å². The van der Waals surface area contributed by atoms with Crippen LogP contribution in [0.2, 0.25) is 0 Å². The molecule has 1 fully saturated rings. The lowest BCUT2D eigenvalue weighted by atomic mass is 9.81. The fourth-order valence-corrected chi connectivity index (χ4v) is 4.74. The summed E-state index contributed by atoms with van der Waals surface area (Å²) >= 11 is 0. The Bertz CT molecular complexity index is 897. The highest BCUT2D eigenvalue weighted by atomic mass is 19.4. The van der Waals surface area contributed by atoms with Crippen LogP contribution in [0, 0.1) is 0 Å². The van der Waals surface area contributed by atoms with Gasteiger partial charge in [-0.25, -0.2) is 0 Å². The Kier molecular flexibility index (Phi) is 5.47.